The molecule has 0 radical (unpaired) electrons. The summed E-state index contributed by atoms with van der Waals surface area (Å²) in [5.41, 5.74) is -2.09. The molecule has 1 saturated heterocycles. The van der Waals surface area contributed by atoms with Gasteiger partial charge in [0.2, 0.25) is 0 Å². The molecule has 3 nitrogen and oxygen atoms in total. The number of aliphatic hydroxyl groups is 1. The molecular weight excluding hydrogens is 388 g/mol. The van der Waals surface area contributed by atoms with Gasteiger partial charge in [-0.15, -0.1) is 0 Å². The molecule has 2 aromatic rings. The van der Waals surface area contributed by atoms with Gasteiger partial charge in [-0.3, -0.25) is 4.90 Å². The summed E-state index contributed by atoms with van der Waals surface area (Å²) in [5.74, 6) is -0.416. The average molecular weight is 405 g/mol. The molecule has 0 amide bonds. The Hall–Kier alpha value is -2.26. The molecule has 0 saturated carbocycles. The number of likely N-dealkylation sites (tertiary alicyclic amines) is 1. The molecule has 1 fully saturated rings. The third-order valence-electron chi connectivity index (χ3n) is 4.35. The number of hydrogen-bond donors (Lipinski definition) is 1. The van der Waals surface area contributed by atoms with E-state index in [1.807, 2.05) is 4.90 Å². The molecule has 0 aliphatic carbocycles. The van der Waals surface area contributed by atoms with Gasteiger partial charge in [-0.05, 0) is 42.3 Å². The number of halogens is 6. The van der Waals surface area contributed by atoms with Crippen molar-refractivity contribution in [2.24, 2.45) is 0 Å². The molecule has 0 aromatic heterocycles. The van der Waals surface area contributed by atoms with Crippen molar-refractivity contribution >= 4 is 0 Å². The molecule has 1 atom stereocenters. The minimum Gasteiger partial charge on any atom is -0.457 e. The minimum absolute atomic E-state index is 0.0575. The van der Waals surface area contributed by atoms with E-state index >= 15 is 0 Å². The van der Waals surface area contributed by atoms with Gasteiger partial charge in [0.15, 0.2) is 0 Å². The van der Waals surface area contributed by atoms with E-state index in [-0.39, 0.29) is 11.8 Å². The summed E-state index contributed by atoms with van der Waals surface area (Å²) < 4.78 is 83.0. The Morgan fingerprint density at radius 2 is 1.57 bits per heavy atom. The topological polar surface area (TPSA) is 32.7 Å². The van der Waals surface area contributed by atoms with Crippen molar-refractivity contribution < 1.29 is 36.2 Å². The van der Waals surface area contributed by atoms with Gasteiger partial charge in [0, 0.05) is 19.6 Å². The molecule has 28 heavy (non-hydrogen) atoms. The fourth-order valence-corrected chi connectivity index (χ4v) is 3.04. The Labute approximate surface area is 157 Å². The first kappa shape index (κ1) is 20.5. The number of hydrogen-bond acceptors (Lipinski definition) is 3. The molecule has 0 bridgehead atoms. The van der Waals surface area contributed by atoms with Crippen LogP contribution in [-0.2, 0) is 18.9 Å². The second-order valence-electron chi connectivity index (χ2n) is 6.67. The van der Waals surface area contributed by atoms with Gasteiger partial charge in [0.25, 0.3) is 0 Å². The van der Waals surface area contributed by atoms with Crippen LogP contribution in [0.2, 0.25) is 0 Å². The van der Waals surface area contributed by atoms with Crippen molar-refractivity contribution in [1.82, 2.24) is 4.90 Å². The van der Waals surface area contributed by atoms with Crippen molar-refractivity contribution in [1.29, 1.82) is 0 Å². The third kappa shape index (κ3) is 5.17. The monoisotopic (exact) mass is 405 g/mol. The molecule has 9 heteroatoms. The first-order valence-corrected chi connectivity index (χ1v) is 8.47. The van der Waals surface area contributed by atoms with Crippen molar-refractivity contribution in [3.63, 3.8) is 0 Å². The summed E-state index contributed by atoms with van der Waals surface area (Å²) in [7, 11) is 0. The van der Waals surface area contributed by atoms with Crippen LogP contribution in [0.1, 0.15) is 23.1 Å². The van der Waals surface area contributed by atoms with E-state index < -0.39 is 35.3 Å². The summed E-state index contributed by atoms with van der Waals surface area (Å²) in [5, 5.41) is 9.56. The molecule has 1 aliphatic heterocycles. The van der Waals surface area contributed by atoms with Crippen molar-refractivity contribution in [2.45, 2.75) is 31.4 Å². The van der Waals surface area contributed by atoms with Crippen molar-refractivity contribution in [2.75, 3.05) is 13.1 Å². The summed E-state index contributed by atoms with van der Waals surface area (Å²) in [6.07, 6.45) is -9.61. The maximum absolute atomic E-state index is 12.9. The Balaban J connectivity index is 1.84. The zero-order chi connectivity index (χ0) is 20.5. The van der Waals surface area contributed by atoms with Gasteiger partial charge in [-0.25, -0.2) is 0 Å². The van der Waals surface area contributed by atoms with Crippen molar-refractivity contribution in [3.05, 3.63) is 59.2 Å². The Morgan fingerprint density at radius 3 is 2.11 bits per heavy atom. The van der Waals surface area contributed by atoms with Crippen LogP contribution in [0.4, 0.5) is 26.3 Å². The fraction of sp³-hybridized carbons (Fsp3) is 0.368. The predicted octanol–water partition coefficient (Wildman–Crippen LogP) is 5.08. The van der Waals surface area contributed by atoms with E-state index in [4.69, 9.17) is 4.74 Å². The number of alkyl halides is 6. The number of β-amino-alcohol motifs (C(OH)–C–C–N with tert-alkyl or cyclic N) is 1. The second-order valence-corrected chi connectivity index (χ2v) is 6.67. The average Bonchev–Trinajstić information content (AvgIpc) is 2.98. The van der Waals surface area contributed by atoms with Gasteiger partial charge in [-0.1, -0.05) is 12.1 Å². The van der Waals surface area contributed by atoms with Gasteiger partial charge in [-0.2, -0.15) is 26.3 Å². The van der Waals surface area contributed by atoms with E-state index in [1.165, 1.54) is 6.07 Å². The van der Waals surface area contributed by atoms with Crippen LogP contribution in [0.5, 0.6) is 11.5 Å². The maximum Gasteiger partial charge on any atom is 0.416 e. The highest BCUT2D eigenvalue weighted by molar-refractivity contribution is 5.41. The smallest absolute Gasteiger partial charge is 0.416 e. The lowest BCUT2D eigenvalue weighted by atomic mass is 10.1. The highest BCUT2D eigenvalue weighted by atomic mass is 19.4. The van der Waals surface area contributed by atoms with E-state index in [0.717, 1.165) is 5.56 Å². The van der Waals surface area contributed by atoms with Gasteiger partial charge < -0.3 is 9.84 Å². The second kappa shape index (κ2) is 7.63. The highest BCUT2D eigenvalue weighted by Crippen LogP contribution is 2.39. The number of nitrogens with zero attached hydrogens (tertiary/aromatic N) is 1. The maximum atomic E-state index is 12.9. The standard InChI is InChI=1S/C19H17F6NO2/c20-18(21,22)13-7-14(19(23,24)25)9-17(8-13)28-16-3-1-2-12(6-16)10-26-5-4-15(27)11-26/h1-3,6-9,15,27H,4-5,10-11H2. The lowest BCUT2D eigenvalue weighted by molar-refractivity contribution is -0.143. The SMILES string of the molecule is OC1CCN(Cc2cccc(Oc3cc(C(F)(F)F)cc(C(F)(F)F)c3)c2)C1. The molecule has 0 spiro atoms. The molecule has 2 aromatic carbocycles. The summed E-state index contributed by atoms with van der Waals surface area (Å²) in [4.78, 5) is 2.00. The quantitative estimate of drug-likeness (QED) is 0.720. The molecule has 152 valence electrons. The van der Waals surface area contributed by atoms with Crippen LogP contribution in [0.15, 0.2) is 42.5 Å². The predicted molar refractivity (Wildman–Crippen MR) is 88.9 cm³/mol. The molecule has 1 N–H and O–H groups in total. The summed E-state index contributed by atoms with van der Waals surface area (Å²) in [6, 6.07) is 7.52. The fourth-order valence-electron chi connectivity index (χ4n) is 3.04. The first-order valence-electron chi connectivity index (χ1n) is 8.47. The van der Waals surface area contributed by atoms with Crippen LogP contribution in [0, 0.1) is 0 Å². The lowest BCUT2D eigenvalue weighted by Crippen LogP contribution is -2.21. The summed E-state index contributed by atoms with van der Waals surface area (Å²) in [6.45, 7) is 1.70. The lowest BCUT2D eigenvalue weighted by Gasteiger charge is -2.17. The molecular formula is C19H17F6NO2. The van der Waals surface area contributed by atoms with Crippen molar-refractivity contribution in [3.8, 4) is 11.5 Å². The molecule has 1 aliphatic rings. The van der Waals surface area contributed by atoms with Crippen LogP contribution in [0.25, 0.3) is 0 Å². The Kier molecular flexibility index (Phi) is 5.58. The number of aliphatic hydroxyl groups excluding tert-OH is 1. The highest BCUT2D eigenvalue weighted by Gasteiger charge is 2.37. The van der Waals surface area contributed by atoms with Crippen LogP contribution >= 0.6 is 0 Å². The largest absolute Gasteiger partial charge is 0.457 e. The third-order valence-corrected chi connectivity index (χ3v) is 4.35. The van der Waals surface area contributed by atoms with Crippen LogP contribution in [0.3, 0.4) is 0 Å². The first-order chi connectivity index (χ1) is 13.0. The van der Waals surface area contributed by atoms with E-state index in [1.54, 1.807) is 18.2 Å². The minimum atomic E-state index is -4.93. The number of benzene rings is 2. The molecule has 3 rings (SSSR count). The number of ether oxygens (including phenoxy) is 1. The van der Waals surface area contributed by atoms with Gasteiger partial charge in [0.05, 0.1) is 17.2 Å². The normalized spacial score (nSPS) is 18.5. The zero-order valence-electron chi connectivity index (χ0n) is 14.5. The zero-order valence-corrected chi connectivity index (χ0v) is 14.5. The molecule has 1 heterocycles. The van der Waals surface area contributed by atoms with Crippen LogP contribution in [-0.4, -0.2) is 29.2 Å². The number of rotatable bonds is 4. The van der Waals surface area contributed by atoms with E-state index in [2.05, 4.69) is 0 Å². The van der Waals surface area contributed by atoms with Gasteiger partial charge >= 0.3 is 12.4 Å². The molecule has 1 unspecified atom stereocenters. The van der Waals surface area contributed by atoms with E-state index in [9.17, 15) is 31.4 Å². The summed E-state index contributed by atoms with van der Waals surface area (Å²) >= 11 is 0. The Morgan fingerprint density at radius 1 is 0.929 bits per heavy atom. The van der Waals surface area contributed by atoms with E-state index in [0.29, 0.717) is 38.2 Å². The Bertz CT molecular complexity index is 802. The van der Waals surface area contributed by atoms with Gasteiger partial charge in [0.1, 0.15) is 11.5 Å². The van der Waals surface area contributed by atoms with Crippen LogP contribution < -0.4 is 4.74 Å².